The molecule has 1 atom stereocenters. The molecule has 5 nitrogen and oxygen atoms in total. The van der Waals surface area contributed by atoms with Crippen molar-refractivity contribution >= 4 is 32.4 Å². The van der Waals surface area contributed by atoms with Crippen LogP contribution in [-0.4, -0.2) is 60.5 Å². The van der Waals surface area contributed by atoms with Crippen LogP contribution in [0.5, 0.6) is 11.5 Å². The van der Waals surface area contributed by atoms with Gasteiger partial charge in [0.1, 0.15) is 24.2 Å². The lowest BCUT2D eigenvalue weighted by molar-refractivity contribution is 0.0663. The van der Waals surface area contributed by atoms with Crippen LogP contribution in [-0.2, 0) is 0 Å². The lowest BCUT2D eigenvalue weighted by Crippen LogP contribution is -2.49. The number of fused-ring (bicyclic) bond motifs is 1. The number of hydrogen-bond donors (Lipinski definition) is 2. The van der Waals surface area contributed by atoms with Crippen LogP contribution >= 0.6 is 15.9 Å². The molecule has 0 saturated carbocycles. The minimum absolute atomic E-state index is 0.278. The number of rotatable bonds is 6. The highest BCUT2D eigenvalue weighted by atomic mass is 79.9. The van der Waals surface area contributed by atoms with Crippen LogP contribution in [0, 0.1) is 0 Å². The van der Waals surface area contributed by atoms with Crippen molar-refractivity contribution in [3.63, 3.8) is 0 Å². The van der Waals surface area contributed by atoms with Gasteiger partial charge < -0.3 is 19.8 Å². The molecule has 6 heteroatoms. The molecule has 1 saturated heterocycles. The number of aliphatic hydroxyl groups excluding tert-OH is 1. The van der Waals surface area contributed by atoms with Crippen LogP contribution < -0.4 is 9.64 Å². The van der Waals surface area contributed by atoms with Gasteiger partial charge in [0.15, 0.2) is 0 Å². The summed E-state index contributed by atoms with van der Waals surface area (Å²) in [5.41, 5.74) is 1.12. The molecule has 0 radical (unpaired) electrons. The predicted octanol–water partition coefficient (Wildman–Crippen LogP) is 3.87. The molecule has 0 aromatic heterocycles. The van der Waals surface area contributed by atoms with Gasteiger partial charge in [-0.15, -0.1) is 0 Å². The summed E-state index contributed by atoms with van der Waals surface area (Å²) < 4.78 is 6.88. The van der Waals surface area contributed by atoms with Crippen LogP contribution in [0.3, 0.4) is 0 Å². The molecule has 152 valence electrons. The Bertz CT molecular complexity index is 956. The van der Waals surface area contributed by atoms with E-state index in [1.165, 1.54) is 0 Å². The van der Waals surface area contributed by atoms with E-state index in [-0.39, 0.29) is 12.4 Å². The average molecular weight is 457 g/mol. The Morgan fingerprint density at radius 3 is 2.34 bits per heavy atom. The first-order valence-electron chi connectivity index (χ1n) is 9.83. The van der Waals surface area contributed by atoms with Gasteiger partial charge in [0.25, 0.3) is 0 Å². The molecule has 0 amide bonds. The smallest absolute Gasteiger partial charge is 0.120 e. The minimum Gasteiger partial charge on any atom is -0.508 e. The summed E-state index contributed by atoms with van der Waals surface area (Å²) in [5, 5.41) is 22.1. The van der Waals surface area contributed by atoms with Gasteiger partial charge in [-0.25, -0.2) is 0 Å². The van der Waals surface area contributed by atoms with Crippen molar-refractivity contribution in [3.05, 3.63) is 65.1 Å². The zero-order chi connectivity index (χ0) is 20.2. The second kappa shape index (κ2) is 9.03. The maximum Gasteiger partial charge on any atom is 0.120 e. The fourth-order valence-electron chi connectivity index (χ4n) is 3.68. The zero-order valence-electron chi connectivity index (χ0n) is 16.2. The number of aromatic hydroxyl groups is 1. The van der Waals surface area contributed by atoms with Gasteiger partial charge >= 0.3 is 0 Å². The molecule has 0 aliphatic carbocycles. The lowest BCUT2D eigenvalue weighted by atomic mass is 10.1. The van der Waals surface area contributed by atoms with E-state index < -0.39 is 6.10 Å². The highest BCUT2D eigenvalue weighted by Crippen LogP contribution is 2.24. The molecule has 1 aliphatic heterocycles. The van der Waals surface area contributed by atoms with E-state index in [0.29, 0.717) is 6.54 Å². The summed E-state index contributed by atoms with van der Waals surface area (Å²) in [7, 11) is 0. The Kier molecular flexibility index (Phi) is 6.23. The topological polar surface area (TPSA) is 56.2 Å². The first-order chi connectivity index (χ1) is 14.1. The second-order valence-corrected chi connectivity index (χ2v) is 8.34. The fourth-order valence-corrected chi connectivity index (χ4v) is 4.06. The van der Waals surface area contributed by atoms with Gasteiger partial charge in [-0.3, -0.25) is 4.90 Å². The first-order valence-corrected chi connectivity index (χ1v) is 10.6. The quantitative estimate of drug-likeness (QED) is 0.589. The van der Waals surface area contributed by atoms with E-state index in [9.17, 15) is 10.2 Å². The average Bonchev–Trinajstić information content (AvgIpc) is 2.73. The van der Waals surface area contributed by atoms with E-state index in [0.717, 1.165) is 52.9 Å². The molecular formula is C23H25BrN2O3. The number of nitrogens with zero attached hydrogens (tertiary/aromatic N) is 2. The van der Waals surface area contributed by atoms with Crippen LogP contribution in [0.15, 0.2) is 65.1 Å². The molecule has 3 aromatic rings. The fraction of sp³-hybridized carbons (Fsp3) is 0.304. The summed E-state index contributed by atoms with van der Waals surface area (Å²) in [6, 6.07) is 19.4. The summed E-state index contributed by atoms with van der Waals surface area (Å²) in [5.74, 6) is 1.06. The summed E-state index contributed by atoms with van der Waals surface area (Å²) in [6.45, 7) is 4.47. The Morgan fingerprint density at radius 2 is 1.59 bits per heavy atom. The molecule has 1 aliphatic rings. The number of benzene rings is 3. The Labute approximate surface area is 179 Å². The first kappa shape index (κ1) is 20.0. The van der Waals surface area contributed by atoms with Gasteiger partial charge in [0, 0.05) is 42.9 Å². The molecule has 2 N–H and O–H groups in total. The normalized spacial score (nSPS) is 16.1. The maximum atomic E-state index is 10.4. The highest BCUT2D eigenvalue weighted by Gasteiger charge is 2.19. The molecule has 3 aromatic carbocycles. The van der Waals surface area contributed by atoms with Gasteiger partial charge in [0.2, 0.25) is 0 Å². The number of phenols is 1. The molecule has 1 fully saturated rings. The van der Waals surface area contributed by atoms with E-state index in [1.807, 2.05) is 36.4 Å². The molecular weight excluding hydrogens is 432 g/mol. The largest absolute Gasteiger partial charge is 0.508 e. The van der Waals surface area contributed by atoms with Crippen molar-refractivity contribution in [2.24, 2.45) is 0 Å². The van der Waals surface area contributed by atoms with E-state index in [2.05, 4.69) is 37.9 Å². The van der Waals surface area contributed by atoms with Crippen molar-refractivity contribution in [1.82, 2.24) is 4.90 Å². The van der Waals surface area contributed by atoms with Crippen LogP contribution in [0.1, 0.15) is 0 Å². The third-order valence-electron chi connectivity index (χ3n) is 5.27. The van der Waals surface area contributed by atoms with Crippen molar-refractivity contribution in [1.29, 1.82) is 0 Å². The van der Waals surface area contributed by atoms with Crippen LogP contribution in [0.25, 0.3) is 10.8 Å². The molecule has 4 rings (SSSR count). The third kappa shape index (κ3) is 5.21. The van der Waals surface area contributed by atoms with Gasteiger partial charge in [-0.2, -0.15) is 0 Å². The van der Waals surface area contributed by atoms with Gasteiger partial charge in [0.05, 0.1) is 0 Å². The lowest BCUT2D eigenvalue weighted by Gasteiger charge is -2.36. The molecule has 1 unspecified atom stereocenters. The van der Waals surface area contributed by atoms with Crippen molar-refractivity contribution in [3.8, 4) is 11.5 Å². The number of aliphatic hydroxyl groups is 1. The Hall–Kier alpha value is -2.28. The third-order valence-corrected chi connectivity index (χ3v) is 5.77. The number of piperazine rings is 1. The molecule has 1 heterocycles. The summed E-state index contributed by atoms with van der Waals surface area (Å²) >= 11 is 3.49. The summed E-state index contributed by atoms with van der Waals surface area (Å²) in [4.78, 5) is 4.56. The standard InChI is InChI=1S/C23H25BrN2O3/c24-19-3-1-18-14-23(8-2-17(18)13-19)29-16-22(28)15-25-9-11-26(12-10-25)20-4-6-21(27)7-5-20/h1-8,13-14,22,27-28H,9-12,15-16H2. The van der Waals surface area contributed by atoms with Crippen LogP contribution in [0.4, 0.5) is 5.69 Å². The number of phenolic OH excluding ortho intramolecular Hbond substituents is 1. The summed E-state index contributed by atoms with van der Waals surface area (Å²) in [6.07, 6.45) is -0.532. The van der Waals surface area contributed by atoms with E-state index in [1.54, 1.807) is 12.1 Å². The molecule has 29 heavy (non-hydrogen) atoms. The number of halogens is 1. The maximum absolute atomic E-state index is 10.4. The number of anilines is 1. The minimum atomic E-state index is -0.532. The molecule has 0 spiro atoms. The SMILES string of the molecule is Oc1ccc(N2CCN(CC(O)COc3ccc4cc(Br)ccc4c3)CC2)cc1. The second-order valence-electron chi connectivity index (χ2n) is 7.42. The molecule has 0 bridgehead atoms. The van der Waals surface area contributed by atoms with Gasteiger partial charge in [-0.05, 0) is 59.3 Å². The van der Waals surface area contributed by atoms with Gasteiger partial charge in [-0.1, -0.05) is 28.1 Å². The number of β-amino-alcohol motifs (C(OH)–C–C–N with tert-alkyl or cyclic N) is 1. The Balaban J connectivity index is 1.24. The zero-order valence-corrected chi connectivity index (χ0v) is 17.8. The van der Waals surface area contributed by atoms with Crippen LogP contribution in [0.2, 0.25) is 0 Å². The van der Waals surface area contributed by atoms with E-state index >= 15 is 0 Å². The van der Waals surface area contributed by atoms with E-state index in [4.69, 9.17) is 4.74 Å². The number of ether oxygens (including phenoxy) is 1. The van der Waals surface area contributed by atoms with Crippen molar-refractivity contribution in [2.45, 2.75) is 6.10 Å². The van der Waals surface area contributed by atoms with Crippen molar-refractivity contribution < 1.29 is 14.9 Å². The Morgan fingerprint density at radius 1 is 0.897 bits per heavy atom. The number of hydrogen-bond acceptors (Lipinski definition) is 5. The highest BCUT2D eigenvalue weighted by molar-refractivity contribution is 9.10. The van der Waals surface area contributed by atoms with Crippen molar-refractivity contribution in [2.75, 3.05) is 44.2 Å². The predicted molar refractivity (Wildman–Crippen MR) is 120 cm³/mol. The monoisotopic (exact) mass is 456 g/mol.